The Balaban J connectivity index is 2.24. The molecule has 0 radical (unpaired) electrons. The minimum Gasteiger partial charge on any atom is -0.316 e. The first-order chi connectivity index (χ1) is 9.86. The first kappa shape index (κ1) is 16.7. The van der Waals surface area contributed by atoms with E-state index in [-0.39, 0.29) is 10.4 Å². The largest absolute Gasteiger partial charge is 0.316 e. The van der Waals surface area contributed by atoms with E-state index in [9.17, 15) is 8.42 Å². The van der Waals surface area contributed by atoms with Crippen LogP contribution in [0.1, 0.15) is 44.6 Å². The topological polar surface area (TPSA) is 58.2 Å². The minimum atomic E-state index is -3.51. The van der Waals surface area contributed by atoms with Crippen molar-refractivity contribution in [3.8, 4) is 0 Å². The van der Waals surface area contributed by atoms with Crippen LogP contribution in [0.5, 0.6) is 0 Å². The molecule has 1 aliphatic carbocycles. The third-order valence-electron chi connectivity index (χ3n) is 4.03. The van der Waals surface area contributed by atoms with Crippen molar-refractivity contribution in [2.45, 2.75) is 56.0 Å². The normalized spacial score (nSPS) is 18.6. The summed E-state index contributed by atoms with van der Waals surface area (Å²) in [6.07, 6.45) is 5.12. The van der Waals surface area contributed by atoms with Crippen LogP contribution in [0.3, 0.4) is 0 Å². The summed E-state index contributed by atoms with van der Waals surface area (Å²) >= 11 is 6.09. The lowest BCUT2D eigenvalue weighted by Gasteiger charge is -2.34. The van der Waals surface area contributed by atoms with E-state index in [1.807, 2.05) is 6.92 Å². The van der Waals surface area contributed by atoms with Gasteiger partial charge in [0.15, 0.2) is 0 Å². The molecule has 1 aromatic carbocycles. The van der Waals surface area contributed by atoms with Crippen LogP contribution < -0.4 is 10.0 Å². The maximum absolute atomic E-state index is 12.6. The lowest BCUT2D eigenvalue weighted by atomic mass is 9.84. The molecule has 118 valence electrons. The summed E-state index contributed by atoms with van der Waals surface area (Å²) in [6.45, 7) is 2.54. The quantitative estimate of drug-likeness (QED) is 0.872. The number of nitrogens with one attached hydrogen (secondary N) is 2. The SMILES string of the molecule is CNCc1cc(S(=O)(=O)NC2(C)CCCCC2)ccc1Cl. The average Bonchev–Trinajstić information content (AvgIpc) is 2.41. The zero-order chi connectivity index (χ0) is 15.5. The second kappa shape index (κ2) is 6.65. The van der Waals surface area contributed by atoms with Gasteiger partial charge in [0.1, 0.15) is 0 Å². The first-order valence-corrected chi connectivity index (χ1v) is 9.19. The van der Waals surface area contributed by atoms with E-state index in [1.165, 1.54) is 6.42 Å². The Bertz CT molecular complexity index is 596. The van der Waals surface area contributed by atoms with Crippen molar-refractivity contribution in [1.82, 2.24) is 10.0 Å². The Morgan fingerprint density at radius 2 is 1.90 bits per heavy atom. The van der Waals surface area contributed by atoms with Crippen LogP contribution in [0.2, 0.25) is 5.02 Å². The Kier molecular flexibility index (Phi) is 5.30. The highest BCUT2D eigenvalue weighted by molar-refractivity contribution is 7.89. The van der Waals surface area contributed by atoms with Crippen molar-refractivity contribution in [3.63, 3.8) is 0 Å². The number of rotatable bonds is 5. The highest BCUT2D eigenvalue weighted by Gasteiger charge is 2.32. The number of hydrogen-bond donors (Lipinski definition) is 2. The van der Waals surface area contributed by atoms with Crippen molar-refractivity contribution in [2.75, 3.05) is 7.05 Å². The van der Waals surface area contributed by atoms with Crippen molar-refractivity contribution >= 4 is 21.6 Å². The molecule has 0 heterocycles. The van der Waals surface area contributed by atoms with Gasteiger partial charge in [0.2, 0.25) is 10.0 Å². The van der Waals surface area contributed by atoms with Crippen molar-refractivity contribution in [3.05, 3.63) is 28.8 Å². The van der Waals surface area contributed by atoms with Gasteiger partial charge in [-0.15, -0.1) is 0 Å². The molecule has 0 saturated heterocycles. The fourth-order valence-corrected chi connectivity index (χ4v) is 4.56. The number of benzene rings is 1. The molecular formula is C15H23ClN2O2S. The lowest BCUT2D eigenvalue weighted by Crippen LogP contribution is -2.47. The maximum atomic E-state index is 12.6. The standard InChI is InChI=1S/C15H23ClN2O2S/c1-15(8-4-3-5-9-15)18-21(19,20)13-6-7-14(16)12(10-13)11-17-2/h6-7,10,17-18H,3-5,8-9,11H2,1-2H3. The van der Waals surface area contributed by atoms with E-state index >= 15 is 0 Å². The zero-order valence-corrected chi connectivity index (χ0v) is 14.1. The molecule has 0 aromatic heterocycles. The fraction of sp³-hybridized carbons (Fsp3) is 0.600. The molecule has 2 N–H and O–H groups in total. The van der Waals surface area contributed by atoms with Crippen LogP contribution >= 0.6 is 11.6 Å². The molecule has 1 aromatic rings. The smallest absolute Gasteiger partial charge is 0.241 e. The van der Waals surface area contributed by atoms with Crippen LogP contribution in [-0.4, -0.2) is 21.0 Å². The van der Waals surface area contributed by atoms with Crippen molar-refractivity contribution in [2.24, 2.45) is 0 Å². The molecule has 21 heavy (non-hydrogen) atoms. The second-order valence-corrected chi connectivity index (χ2v) is 8.10. The molecular weight excluding hydrogens is 308 g/mol. The highest BCUT2D eigenvalue weighted by Crippen LogP contribution is 2.30. The monoisotopic (exact) mass is 330 g/mol. The lowest BCUT2D eigenvalue weighted by molar-refractivity contribution is 0.294. The Hall–Kier alpha value is -0.620. The predicted molar refractivity (Wildman–Crippen MR) is 86.0 cm³/mol. The average molecular weight is 331 g/mol. The van der Waals surface area contributed by atoms with Crippen LogP contribution in [0.4, 0.5) is 0 Å². The summed E-state index contributed by atoms with van der Waals surface area (Å²) in [7, 11) is -1.71. The molecule has 1 fully saturated rings. The Labute approximate surface area is 132 Å². The van der Waals surface area contributed by atoms with Gasteiger partial charge in [-0.2, -0.15) is 0 Å². The third-order valence-corrected chi connectivity index (χ3v) is 6.04. The fourth-order valence-electron chi connectivity index (χ4n) is 2.86. The highest BCUT2D eigenvalue weighted by atomic mass is 35.5. The summed E-state index contributed by atoms with van der Waals surface area (Å²) in [4.78, 5) is 0.281. The molecule has 0 unspecified atom stereocenters. The predicted octanol–water partition coefficient (Wildman–Crippen LogP) is 3.06. The van der Waals surface area contributed by atoms with E-state index in [2.05, 4.69) is 10.0 Å². The van der Waals surface area contributed by atoms with E-state index < -0.39 is 10.0 Å². The number of sulfonamides is 1. The summed E-state index contributed by atoms with van der Waals surface area (Å²) in [5.41, 5.74) is 0.454. The second-order valence-electron chi connectivity index (χ2n) is 6.01. The molecule has 6 heteroatoms. The summed E-state index contributed by atoms with van der Waals surface area (Å²) in [5.74, 6) is 0. The Morgan fingerprint density at radius 3 is 2.52 bits per heavy atom. The molecule has 4 nitrogen and oxygen atoms in total. The number of hydrogen-bond acceptors (Lipinski definition) is 3. The van der Waals surface area contributed by atoms with Gasteiger partial charge in [0, 0.05) is 17.1 Å². The molecule has 0 atom stereocenters. The van der Waals surface area contributed by atoms with Gasteiger partial charge in [0.25, 0.3) is 0 Å². The molecule has 1 aliphatic rings. The van der Waals surface area contributed by atoms with Crippen molar-refractivity contribution in [1.29, 1.82) is 0 Å². The first-order valence-electron chi connectivity index (χ1n) is 7.33. The number of halogens is 1. The summed E-state index contributed by atoms with van der Waals surface area (Å²) in [5, 5.41) is 3.57. The molecule has 1 saturated carbocycles. The van der Waals surface area contributed by atoms with E-state index in [4.69, 9.17) is 11.6 Å². The van der Waals surface area contributed by atoms with Crippen LogP contribution in [0.25, 0.3) is 0 Å². The Morgan fingerprint density at radius 1 is 1.24 bits per heavy atom. The minimum absolute atomic E-state index is 0.281. The summed E-state index contributed by atoms with van der Waals surface area (Å²) < 4.78 is 28.1. The molecule has 2 rings (SSSR count). The van der Waals surface area contributed by atoms with Gasteiger partial charge in [-0.1, -0.05) is 30.9 Å². The molecule has 0 aliphatic heterocycles. The van der Waals surface area contributed by atoms with Gasteiger partial charge in [-0.3, -0.25) is 0 Å². The van der Waals surface area contributed by atoms with Crippen LogP contribution in [0, 0.1) is 0 Å². The molecule has 0 spiro atoms. The van der Waals surface area contributed by atoms with Gasteiger partial charge in [-0.25, -0.2) is 13.1 Å². The van der Waals surface area contributed by atoms with Crippen molar-refractivity contribution < 1.29 is 8.42 Å². The van der Waals surface area contributed by atoms with Gasteiger partial charge in [0.05, 0.1) is 4.90 Å². The van der Waals surface area contributed by atoms with Gasteiger partial charge >= 0.3 is 0 Å². The van der Waals surface area contributed by atoms with Crippen LogP contribution in [-0.2, 0) is 16.6 Å². The van der Waals surface area contributed by atoms with Crippen LogP contribution in [0.15, 0.2) is 23.1 Å². The van der Waals surface area contributed by atoms with E-state index in [0.29, 0.717) is 11.6 Å². The van der Waals surface area contributed by atoms with E-state index in [1.54, 1.807) is 25.2 Å². The molecule has 0 amide bonds. The van der Waals surface area contributed by atoms with E-state index in [0.717, 1.165) is 31.2 Å². The maximum Gasteiger partial charge on any atom is 0.241 e. The molecule has 0 bridgehead atoms. The summed E-state index contributed by atoms with van der Waals surface area (Å²) in [6, 6.07) is 4.86. The zero-order valence-electron chi connectivity index (χ0n) is 12.6. The third kappa shape index (κ3) is 4.19. The van der Waals surface area contributed by atoms with Gasteiger partial charge < -0.3 is 5.32 Å². The van der Waals surface area contributed by atoms with Gasteiger partial charge in [-0.05, 0) is 50.6 Å².